The highest BCUT2D eigenvalue weighted by Gasteiger charge is 2.25. The summed E-state index contributed by atoms with van der Waals surface area (Å²) in [5.74, 6) is -0.607. The molecule has 0 radical (unpaired) electrons. The number of carboxylic acid groups (broad SMARTS) is 1. The first-order valence-electron chi connectivity index (χ1n) is 7.31. The summed E-state index contributed by atoms with van der Waals surface area (Å²) in [5.41, 5.74) is 0.897. The molecule has 2 atom stereocenters. The monoisotopic (exact) mass is 362 g/mol. The van der Waals surface area contributed by atoms with Crippen LogP contribution < -0.4 is 9.04 Å². The highest BCUT2D eigenvalue weighted by Crippen LogP contribution is 2.35. The number of rotatable bonds is 8. The van der Waals surface area contributed by atoms with Crippen LogP contribution in [0.2, 0.25) is 0 Å². The van der Waals surface area contributed by atoms with Crippen LogP contribution in [0.15, 0.2) is 48.5 Å². The molecule has 0 amide bonds. The molecule has 2 aromatic carbocycles. The normalized spacial score (nSPS) is 12.9. The van der Waals surface area contributed by atoms with E-state index in [9.17, 15) is 18.4 Å². The topological polar surface area (TPSA) is 107 Å². The molecule has 25 heavy (non-hydrogen) atoms. The number of anilines is 1. The van der Waals surface area contributed by atoms with Crippen molar-refractivity contribution in [3.05, 3.63) is 54.1 Å². The summed E-state index contributed by atoms with van der Waals surface area (Å²) in [6.07, 6.45) is -0.369. The van der Waals surface area contributed by atoms with Gasteiger partial charge in [0.05, 0.1) is 12.1 Å². The van der Waals surface area contributed by atoms with E-state index in [2.05, 4.69) is 0 Å². The minimum absolute atomic E-state index is 0.0844. The molecule has 0 saturated carbocycles. The van der Waals surface area contributed by atoms with Gasteiger partial charge in [0.15, 0.2) is 5.75 Å². The van der Waals surface area contributed by atoms with Crippen LogP contribution in [0.5, 0.6) is 11.5 Å². The van der Waals surface area contributed by atoms with Gasteiger partial charge in [0.25, 0.3) is 0 Å². The van der Waals surface area contributed by atoms with Gasteiger partial charge in [-0.2, -0.15) is 0 Å². The van der Waals surface area contributed by atoms with Gasteiger partial charge in [-0.25, -0.2) is 0 Å². The van der Waals surface area contributed by atoms with Gasteiger partial charge in [-0.3, -0.25) is 13.3 Å². The summed E-state index contributed by atoms with van der Waals surface area (Å²) in [7, 11) is 0. The molecule has 1 N–H and O–H groups in total. The molecule has 8 heteroatoms. The minimum atomic E-state index is -2.87. The zero-order valence-corrected chi connectivity index (χ0v) is 14.1. The van der Waals surface area contributed by atoms with E-state index < -0.39 is 29.7 Å². The molecule has 0 aromatic heterocycles. The van der Waals surface area contributed by atoms with Gasteiger partial charge in [-0.15, -0.1) is 0 Å². The van der Waals surface area contributed by atoms with Crippen molar-refractivity contribution in [3.8, 4) is 11.5 Å². The van der Waals surface area contributed by atoms with Crippen molar-refractivity contribution >= 4 is 29.2 Å². The Morgan fingerprint density at radius 3 is 2.56 bits per heavy atom. The number of aryl methyl sites for hydroxylation is 1. The molecule has 0 aliphatic carbocycles. The third-order valence-electron chi connectivity index (χ3n) is 3.33. The largest absolute Gasteiger partial charge is 0.755 e. The van der Waals surface area contributed by atoms with Crippen LogP contribution in [0, 0.1) is 6.92 Å². The van der Waals surface area contributed by atoms with Crippen molar-refractivity contribution in [1.29, 1.82) is 0 Å². The average molecular weight is 362 g/mol. The number of carbonyl (C=O) groups is 2. The summed E-state index contributed by atoms with van der Waals surface area (Å²) in [6.45, 7) is 1.80. The first-order valence-corrected chi connectivity index (χ1v) is 8.35. The fourth-order valence-electron chi connectivity index (χ4n) is 2.24. The van der Waals surface area contributed by atoms with Crippen LogP contribution in [0.25, 0.3) is 0 Å². The summed E-state index contributed by atoms with van der Waals surface area (Å²) < 4.78 is 29.8. The van der Waals surface area contributed by atoms with E-state index >= 15 is 0 Å². The predicted molar refractivity (Wildman–Crippen MR) is 91.2 cm³/mol. The van der Waals surface area contributed by atoms with E-state index in [1.165, 1.54) is 6.07 Å². The Balaban J connectivity index is 2.48. The Bertz CT molecular complexity index is 780. The lowest BCUT2D eigenvalue weighted by atomic mass is 10.1. The number of para-hydroxylation sites is 1. The number of carbonyl (C=O) groups excluding carboxylic acids is 1. The molecule has 0 heterocycles. The van der Waals surface area contributed by atoms with Gasteiger partial charge in [0, 0.05) is 11.3 Å². The molecular weight excluding hydrogens is 346 g/mol. The maximum Gasteiger partial charge on any atom is 0.305 e. The highest BCUT2D eigenvalue weighted by atomic mass is 32.2. The number of hydrogen-bond acceptors (Lipinski definition) is 5. The van der Waals surface area contributed by atoms with Crippen LogP contribution >= 0.6 is 0 Å². The summed E-state index contributed by atoms with van der Waals surface area (Å²) in [5, 5.41) is 8.92. The Morgan fingerprint density at radius 1 is 1.32 bits per heavy atom. The second-order valence-corrected chi connectivity index (χ2v) is 6.06. The molecule has 0 fully saturated rings. The number of aldehydes is 1. The molecule has 0 bridgehead atoms. The van der Waals surface area contributed by atoms with Crippen LogP contribution in [-0.4, -0.2) is 32.2 Å². The first-order chi connectivity index (χ1) is 11.9. The number of aliphatic carboxylic acids is 1. The molecule has 2 unspecified atom stereocenters. The quantitative estimate of drug-likeness (QED) is 0.571. The lowest BCUT2D eigenvalue weighted by Crippen LogP contribution is -2.39. The van der Waals surface area contributed by atoms with Crippen molar-refractivity contribution in [1.82, 2.24) is 0 Å². The Kier molecular flexibility index (Phi) is 6.26. The molecule has 0 spiro atoms. The predicted octanol–water partition coefficient (Wildman–Crippen LogP) is 2.43. The Hall–Kier alpha value is -2.71. The maximum atomic E-state index is 11.7. The number of ether oxygens (including phenoxy) is 1. The second-order valence-electron chi connectivity index (χ2n) is 5.23. The summed E-state index contributed by atoms with van der Waals surface area (Å²) in [6, 6.07) is 12.1. The Morgan fingerprint density at radius 2 is 2.00 bits per heavy atom. The number of hydrogen-bond donors (Lipinski definition) is 1. The number of carboxylic acids is 1. The molecule has 0 saturated heterocycles. The van der Waals surface area contributed by atoms with Gasteiger partial charge >= 0.3 is 5.97 Å². The van der Waals surface area contributed by atoms with Gasteiger partial charge in [-0.05, 0) is 36.8 Å². The minimum Gasteiger partial charge on any atom is -0.755 e. The molecule has 0 aliphatic heterocycles. The van der Waals surface area contributed by atoms with Crippen molar-refractivity contribution < 1.29 is 28.2 Å². The molecule has 2 rings (SSSR count). The SMILES string of the molecule is Cc1ccc(N(C(C=O)CC(=O)O)S(=O)[O-])c(Oc2ccccc2)c1. The number of nitrogens with zero attached hydrogens (tertiary/aromatic N) is 1. The van der Waals surface area contributed by atoms with Crippen LogP contribution in [0.4, 0.5) is 5.69 Å². The van der Waals surface area contributed by atoms with E-state index in [4.69, 9.17) is 9.84 Å². The molecular formula is C17H16NO6S-. The summed E-state index contributed by atoms with van der Waals surface area (Å²) in [4.78, 5) is 22.2. The molecule has 7 nitrogen and oxygen atoms in total. The van der Waals surface area contributed by atoms with Gasteiger partial charge in [0.1, 0.15) is 18.1 Å². The van der Waals surface area contributed by atoms with E-state index in [1.54, 1.807) is 49.4 Å². The zero-order valence-electron chi connectivity index (χ0n) is 13.3. The molecule has 2 aromatic rings. The van der Waals surface area contributed by atoms with Crippen LogP contribution in [0.1, 0.15) is 12.0 Å². The van der Waals surface area contributed by atoms with E-state index in [0.717, 1.165) is 5.56 Å². The molecule has 132 valence electrons. The van der Waals surface area contributed by atoms with Crippen LogP contribution in [0.3, 0.4) is 0 Å². The van der Waals surface area contributed by atoms with Crippen molar-refractivity contribution in [3.63, 3.8) is 0 Å². The van der Waals surface area contributed by atoms with Crippen LogP contribution in [-0.2, 0) is 20.9 Å². The average Bonchev–Trinajstić information content (AvgIpc) is 2.56. The third-order valence-corrected chi connectivity index (χ3v) is 4.12. The lowest BCUT2D eigenvalue weighted by molar-refractivity contribution is -0.138. The van der Waals surface area contributed by atoms with Gasteiger partial charge in [0.2, 0.25) is 0 Å². The third kappa shape index (κ3) is 4.88. The van der Waals surface area contributed by atoms with E-state index in [1.807, 2.05) is 0 Å². The zero-order chi connectivity index (χ0) is 18.4. The van der Waals surface area contributed by atoms with Gasteiger partial charge < -0.3 is 19.2 Å². The Labute approximate surface area is 147 Å². The van der Waals surface area contributed by atoms with Crippen molar-refractivity contribution in [2.75, 3.05) is 4.31 Å². The first kappa shape index (κ1) is 18.6. The standard InChI is InChI=1S/C17H17NO6S/c1-12-7-8-15(16(9-12)24-14-5-3-2-4-6-14)18(25(22)23)13(11-19)10-17(20)21/h2-9,11,13H,10H2,1H3,(H,20,21)(H,22,23)/p-1. The number of benzene rings is 2. The fraction of sp³-hybridized carbons (Fsp3) is 0.176. The molecule has 0 aliphatic rings. The van der Waals surface area contributed by atoms with E-state index in [-0.39, 0.29) is 17.7 Å². The smallest absolute Gasteiger partial charge is 0.305 e. The maximum absolute atomic E-state index is 11.7. The van der Waals surface area contributed by atoms with Crippen molar-refractivity contribution in [2.24, 2.45) is 0 Å². The highest BCUT2D eigenvalue weighted by molar-refractivity contribution is 7.80. The van der Waals surface area contributed by atoms with E-state index in [0.29, 0.717) is 10.1 Å². The van der Waals surface area contributed by atoms with Crippen molar-refractivity contribution in [2.45, 2.75) is 19.4 Å². The fourth-order valence-corrected chi connectivity index (χ4v) is 2.89. The lowest BCUT2D eigenvalue weighted by Gasteiger charge is -2.32. The second kappa shape index (κ2) is 8.41. The van der Waals surface area contributed by atoms with Gasteiger partial charge in [-0.1, -0.05) is 24.3 Å². The summed E-state index contributed by atoms with van der Waals surface area (Å²) >= 11 is -2.87.